The van der Waals surface area contributed by atoms with Gasteiger partial charge >= 0.3 is 12.3 Å². The van der Waals surface area contributed by atoms with Crippen molar-refractivity contribution in [3.8, 4) is 6.07 Å². The Labute approximate surface area is 181 Å². The Bertz CT molecular complexity index is 1060. The van der Waals surface area contributed by atoms with Crippen molar-refractivity contribution >= 4 is 17.7 Å². The molecule has 6 atom stereocenters. The Balaban J connectivity index is 1.57. The number of nitriles is 1. The van der Waals surface area contributed by atoms with Crippen LogP contribution in [0.3, 0.4) is 0 Å². The Kier molecular flexibility index (Phi) is 4.33. The highest BCUT2D eigenvalue weighted by molar-refractivity contribution is 6.00. The third kappa shape index (κ3) is 2.62. The fraction of sp³-hybridized carbons (Fsp3) is 0.571. The topological polar surface area (TPSA) is 101 Å². The number of nitrogens with one attached hydrogen (secondary N) is 1. The van der Waals surface area contributed by atoms with Gasteiger partial charge in [-0.1, -0.05) is 0 Å². The van der Waals surface area contributed by atoms with E-state index in [2.05, 4.69) is 5.32 Å². The van der Waals surface area contributed by atoms with E-state index in [0.717, 1.165) is 12.1 Å². The molecular formula is C21H20F3N3O5. The highest BCUT2D eigenvalue weighted by Gasteiger charge is 2.78. The van der Waals surface area contributed by atoms with Gasteiger partial charge < -0.3 is 19.5 Å². The number of methoxy groups -OCH3 is 1. The predicted molar refractivity (Wildman–Crippen MR) is 101 cm³/mol. The zero-order chi connectivity index (χ0) is 23.1. The lowest BCUT2D eigenvalue weighted by molar-refractivity contribution is -0.141. The molecule has 4 aliphatic heterocycles. The minimum atomic E-state index is -4.75. The van der Waals surface area contributed by atoms with Gasteiger partial charge in [0.05, 0.1) is 54.1 Å². The Morgan fingerprint density at radius 1 is 1.41 bits per heavy atom. The number of carbonyl (C=O) groups is 2. The number of hydrogen-bond donors (Lipinski definition) is 1. The number of alkyl carbamates (subject to hydrolysis) is 1. The quantitative estimate of drug-likeness (QED) is 0.742. The van der Waals surface area contributed by atoms with Crippen molar-refractivity contribution in [1.82, 2.24) is 5.32 Å². The molecule has 0 radical (unpaired) electrons. The maximum Gasteiger partial charge on any atom is 0.417 e. The van der Waals surface area contributed by atoms with Gasteiger partial charge in [-0.05, 0) is 25.1 Å². The molecule has 11 heteroatoms. The van der Waals surface area contributed by atoms with Gasteiger partial charge in [-0.3, -0.25) is 9.69 Å². The third-order valence-electron chi connectivity index (χ3n) is 7.31. The minimum Gasteiger partial charge on any atom is -0.453 e. The zero-order valence-corrected chi connectivity index (χ0v) is 17.2. The normalized spacial score (nSPS) is 37.2. The lowest BCUT2D eigenvalue weighted by Crippen LogP contribution is -2.57. The fourth-order valence-corrected chi connectivity index (χ4v) is 6.04. The van der Waals surface area contributed by atoms with Crippen LogP contribution in [0.1, 0.15) is 30.9 Å². The molecule has 0 aromatic heterocycles. The zero-order valence-electron chi connectivity index (χ0n) is 17.2. The van der Waals surface area contributed by atoms with E-state index in [9.17, 15) is 22.8 Å². The summed E-state index contributed by atoms with van der Waals surface area (Å²) < 4.78 is 57.6. The summed E-state index contributed by atoms with van der Waals surface area (Å²) in [5.74, 6) is -1.54. The molecule has 0 unspecified atom stereocenters. The summed E-state index contributed by atoms with van der Waals surface area (Å²) in [6, 6.07) is 4.26. The summed E-state index contributed by atoms with van der Waals surface area (Å²) in [6.07, 6.45) is -5.24. The molecule has 4 aliphatic rings. The molecule has 170 valence electrons. The Morgan fingerprint density at radius 2 is 2.16 bits per heavy atom. The maximum absolute atomic E-state index is 13.6. The Hall–Kier alpha value is -2.84. The van der Waals surface area contributed by atoms with Crippen molar-refractivity contribution in [2.75, 3.05) is 18.6 Å². The predicted octanol–water partition coefficient (Wildman–Crippen LogP) is 2.56. The van der Waals surface area contributed by atoms with Crippen LogP contribution >= 0.6 is 0 Å². The number of carbonyl (C=O) groups excluding carboxylic acids is 2. The molecular weight excluding hydrogens is 431 g/mol. The van der Waals surface area contributed by atoms with Crippen LogP contribution in [-0.4, -0.2) is 49.2 Å². The molecule has 1 aromatic carbocycles. The van der Waals surface area contributed by atoms with Crippen molar-refractivity contribution in [2.24, 2.45) is 11.8 Å². The van der Waals surface area contributed by atoms with Crippen LogP contribution in [-0.2, 0) is 25.2 Å². The van der Waals surface area contributed by atoms with Gasteiger partial charge in [-0.2, -0.15) is 18.4 Å². The summed E-state index contributed by atoms with van der Waals surface area (Å²) in [5.41, 5.74) is -3.41. The molecule has 32 heavy (non-hydrogen) atoms. The van der Waals surface area contributed by atoms with Gasteiger partial charge in [0.1, 0.15) is 6.23 Å². The van der Waals surface area contributed by atoms with Crippen molar-refractivity contribution in [1.29, 1.82) is 5.26 Å². The van der Waals surface area contributed by atoms with E-state index in [1.807, 2.05) is 0 Å². The molecule has 4 saturated heterocycles. The summed E-state index contributed by atoms with van der Waals surface area (Å²) in [6.45, 7) is 1.99. The largest absolute Gasteiger partial charge is 0.453 e. The number of nitrogens with zero attached hydrogens (tertiary/aromatic N) is 2. The van der Waals surface area contributed by atoms with E-state index in [1.165, 1.54) is 18.1 Å². The monoisotopic (exact) mass is 451 g/mol. The van der Waals surface area contributed by atoms with Crippen LogP contribution in [0.2, 0.25) is 0 Å². The first kappa shape index (κ1) is 21.0. The minimum absolute atomic E-state index is 0.0123. The van der Waals surface area contributed by atoms with Crippen molar-refractivity contribution in [3.05, 3.63) is 29.3 Å². The smallest absolute Gasteiger partial charge is 0.417 e. The molecule has 1 spiro atoms. The summed E-state index contributed by atoms with van der Waals surface area (Å²) in [7, 11) is 1.24. The standard InChI is InChI=1S/C21H20F3N3O5/c1-19-13(26-18(29)30-2)8-20(32-19)5-6-31-17-15(20)14(19)16(28)27(17)11-4-3-10(9-25)12(7-11)21(22,23)24/h3-4,7,13-15,17H,5-6,8H2,1-2H3,(H,26,29)/t13-,14-,15+,17+,19+,20+/m1/s1. The number of fused-ring (bicyclic) bond motifs is 2. The summed E-state index contributed by atoms with van der Waals surface area (Å²) in [4.78, 5) is 26.7. The first-order valence-corrected chi connectivity index (χ1v) is 10.2. The number of hydrogen-bond acceptors (Lipinski definition) is 6. The van der Waals surface area contributed by atoms with Gasteiger partial charge in [0.15, 0.2) is 0 Å². The van der Waals surface area contributed by atoms with Crippen LogP contribution in [0.5, 0.6) is 0 Å². The fourth-order valence-electron chi connectivity index (χ4n) is 6.04. The molecule has 4 fully saturated rings. The number of ether oxygens (including phenoxy) is 3. The average Bonchev–Trinajstić information content (AvgIpc) is 3.30. The van der Waals surface area contributed by atoms with Crippen LogP contribution in [0, 0.1) is 23.2 Å². The highest BCUT2D eigenvalue weighted by atomic mass is 19.4. The number of amides is 2. The molecule has 0 saturated carbocycles. The number of benzene rings is 1. The molecule has 5 rings (SSSR count). The van der Waals surface area contributed by atoms with E-state index < -0.39 is 64.6 Å². The molecule has 1 aromatic rings. The number of rotatable bonds is 2. The van der Waals surface area contributed by atoms with Gasteiger partial charge in [0.2, 0.25) is 5.91 Å². The summed E-state index contributed by atoms with van der Waals surface area (Å²) in [5, 5.41) is 11.8. The maximum atomic E-state index is 13.6. The molecule has 2 amide bonds. The lowest BCUT2D eigenvalue weighted by Gasteiger charge is -2.42. The molecule has 2 bridgehead atoms. The van der Waals surface area contributed by atoms with Gasteiger partial charge in [0, 0.05) is 24.4 Å². The van der Waals surface area contributed by atoms with Crippen LogP contribution in [0.25, 0.3) is 0 Å². The van der Waals surface area contributed by atoms with E-state index in [-0.39, 0.29) is 12.3 Å². The number of anilines is 1. The number of alkyl halides is 3. The molecule has 8 nitrogen and oxygen atoms in total. The van der Waals surface area contributed by atoms with Crippen LogP contribution in [0.4, 0.5) is 23.7 Å². The van der Waals surface area contributed by atoms with E-state index in [1.54, 1.807) is 13.0 Å². The second kappa shape index (κ2) is 6.59. The summed E-state index contributed by atoms with van der Waals surface area (Å²) >= 11 is 0. The highest BCUT2D eigenvalue weighted by Crippen LogP contribution is 2.65. The van der Waals surface area contributed by atoms with Gasteiger partial charge in [0.25, 0.3) is 0 Å². The van der Waals surface area contributed by atoms with Gasteiger partial charge in [-0.25, -0.2) is 4.79 Å². The van der Waals surface area contributed by atoms with Crippen LogP contribution in [0.15, 0.2) is 18.2 Å². The third-order valence-corrected chi connectivity index (χ3v) is 7.31. The van der Waals surface area contributed by atoms with Crippen molar-refractivity contribution in [3.63, 3.8) is 0 Å². The van der Waals surface area contributed by atoms with E-state index >= 15 is 0 Å². The molecule has 4 heterocycles. The van der Waals surface area contributed by atoms with Gasteiger partial charge in [-0.15, -0.1) is 0 Å². The molecule has 1 N–H and O–H groups in total. The van der Waals surface area contributed by atoms with E-state index in [0.29, 0.717) is 12.8 Å². The first-order valence-electron chi connectivity index (χ1n) is 10.2. The first-order chi connectivity index (χ1) is 15.1. The lowest BCUT2D eigenvalue weighted by atomic mass is 9.64. The SMILES string of the molecule is COC(=O)N[C@@H]1C[C@@]23CCO[C@H]4[C@@H]2[C@H](C(=O)N4c2ccc(C#N)c(C(F)(F)F)c2)[C@@]1(C)O3. The van der Waals surface area contributed by atoms with Crippen molar-refractivity contribution < 1.29 is 37.0 Å². The molecule has 0 aliphatic carbocycles. The second-order valence-corrected chi connectivity index (χ2v) is 8.81. The number of halogens is 3. The van der Waals surface area contributed by atoms with Crippen LogP contribution < -0.4 is 10.2 Å². The van der Waals surface area contributed by atoms with Crippen molar-refractivity contribution in [2.45, 2.75) is 49.4 Å². The van der Waals surface area contributed by atoms with E-state index in [4.69, 9.17) is 19.5 Å². The average molecular weight is 451 g/mol. The Morgan fingerprint density at radius 3 is 2.81 bits per heavy atom. The second-order valence-electron chi connectivity index (χ2n) is 8.81.